The molecular formula is C19H15ClN4O2S. The van der Waals surface area contributed by atoms with Crippen molar-refractivity contribution in [3.05, 3.63) is 57.8 Å². The number of hydrogen-bond donors (Lipinski definition) is 1. The number of aromatic nitrogens is 2. The molecule has 2 heterocycles. The predicted octanol–water partition coefficient (Wildman–Crippen LogP) is 4.95. The molecule has 3 aromatic rings. The summed E-state index contributed by atoms with van der Waals surface area (Å²) in [6.45, 7) is 2.04. The number of carbonyl (C=O) groups is 1. The van der Waals surface area contributed by atoms with E-state index >= 15 is 0 Å². The van der Waals surface area contributed by atoms with Gasteiger partial charge in [0.15, 0.2) is 0 Å². The molecule has 0 saturated heterocycles. The Bertz CT molecular complexity index is 1030. The molecule has 1 aromatic carbocycles. The van der Waals surface area contributed by atoms with Crippen molar-refractivity contribution in [3.8, 4) is 17.4 Å². The smallest absolute Gasteiger partial charge is 0.268 e. The van der Waals surface area contributed by atoms with Crippen LogP contribution in [0.4, 0.5) is 5.13 Å². The van der Waals surface area contributed by atoms with E-state index in [-0.39, 0.29) is 5.57 Å². The summed E-state index contributed by atoms with van der Waals surface area (Å²) in [6, 6.07) is 12.6. The average Bonchev–Trinajstić information content (AvgIpc) is 3.30. The lowest BCUT2D eigenvalue weighted by Crippen LogP contribution is -2.13. The van der Waals surface area contributed by atoms with Gasteiger partial charge in [-0.15, -0.1) is 10.2 Å². The first kappa shape index (κ1) is 18.8. The Hall–Kier alpha value is -2.95. The van der Waals surface area contributed by atoms with Gasteiger partial charge in [0.2, 0.25) is 5.13 Å². The van der Waals surface area contributed by atoms with E-state index in [0.29, 0.717) is 21.7 Å². The van der Waals surface area contributed by atoms with E-state index in [9.17, 15) is 10.1 Å². The molecule has 0 aliphatic rings. The van der Waals surface area contributed by atoms with Crippen molar-refractivity contribution in [1.29, 1.82) is 5.26 Å². The van der Waals surface area contributed by atoms with Crippen LogP contribution in [-0.4, -0.2) is 16.1 Å². The second kappa shape index (κ2) is 8.62. The number of benzene rings is 1. The van der Waals surface area contributed by atoms with E-state index < -0.39 is 5.91 Å². The maximum absolute atomic E-state index is 12.3. The number of hydrogen-bond acceptors (Lipinski definition) is 6. The van der Waals surface area contributed by atoms with E-state index in [1.54, 1.807) is 18.2 Å². The monoisotopic (exact) mass is 398 g/mol. The number of rotatable bonds is 6. The Morgan fingerprint density at radius 1 is 1.33 bits per heavy atom. The summed E-state index contributed by atoms with van der Waals surface area (Å²) in [7, 11) is 0. The minimum Gasteiger partial charge on any atom is -0.457 e. The molecule has 0 aliphatic carbocycles. The van der Waals surface area contributed by atoms with Crippen LogP contribution in [0.1, 0.15) is 24.1 Å². The van der Waals surface area contributed by atoms with Crippen LogP contribution in [0, 0.1) is 11.3 Å². The Labute approximate surface area is 165 Å². The van der Waals surface area contributed by atoms with Crippen molar-refractivity contribution >= 4 is 40.1 Å². The molecule has 6 nitrogen and oxygen atoms in total. The van der Waals surface area contributed by atoms with Crippen LogP contribution in [0.5, 0.6) is 0 Å². The maximum Gasteiger partial charge on any atom is 0.268 e. The highest BCUT2D eigenvalue weighted by molar-refractivity contribution is 7.15. The molecule has 0 atom stereocenters. The minimum absolute atomic E-state index is 0.0951. The molecule has 1 N–H and O–H groups in total. The zero-order valence-corrected chi connectivity index (χ0v) is 16.0. The molecule has 0 unspecified atom stereocenters. The summed E-state index contributed by atoms with van der Waals surface area (Å²) in [5, 5.41) is 21.6. The van der Waals surface area contributed by atoms with Crippen LogP contribution >= 0.6 is 22.9 Å². The van der Waals surface area contributed by atoms with Gasteiger partial charge in [0.05, 0.1) is 5.02 Å². The Kier molecular flexibility index (Phi) is 6.01. The number of aryl methyl sites for hydroxylation is 1. The molecule has 1 amide bonds. The first-order valence-corrected chi connectivity index (χ1v) is 9.40. The third-order valence-electron chi connectivity index (χ3n) is 3.57. The number of halogens is 1. The Balaban J connectivity index is 1.77. The molecule has 0 spiro atoms. The molecule has 0 saturated carbocycles. The van der Waals surface area contributed by atoms with Crippen molar-refractivity contribution in [2.45, 2.75) is 19.8 Å². The van der Waals surface area contributed by atoms with Crippen LogP contribution in [0.2, 0.25) is 5.02 Å². The van der Waals surface area contributed by atoms with E-state index in [0.717, 1.165) is 23.4 Å². The number of nitrogens with zero attached hydrogens (tertiary/aromatic N) is 3. The van der Waals surface area contributed by atoms with Gasteiger partial charge in [0.1, 0.15) is 28.2 Å². The van der Waals surface area contributed by atoms with E-state index in [1.165, 1.54) is 17.4 Å². The van der Waals surface area contributed by atoms with Crippen molar-refractivity contribution in [2.75, 3.05) is 5.32 Å². The summed E-state index contributed by atoms with van der Waals surface area (Å²) in [5.41, 5.74) is 0.640. The fourth-order valence-corrected chi connectivity index (χ4v) is 3.38. The van der Waals surface area contributed by atoms with Gasteiger partial charge < -0.3 is 4.42 Å². The van der Waals surface area contributed by atoms with E-state index in [2.05, 4.69) is 15.5 Å². The molecule has 0 aliphatic heterocycles. The van der Waals surface area contributed by atoms with Crippen molar-refractivity contribution in [3.63, 3.8) is 0 Å². The third kappa shape index (κ3) is 4.61. The first-order valence-electron chi connectivity index (χ1n) is 8.21. The molecule has 3 rings (SSSR count). The first-order chi connectivity index (χ1) is 13.1. The second-order valence-electron chi connectivity index (χ2n) is 5.56. The SMILES string of the molecule is CCCc1nnc(NC(=O)/C(C#N)=C\c2ccc(-c3ccccc3Cl)o2)s1. The van der Waals surface area contributed by atoms with Crippen molar-refractivity contribution < 1.29 is 9.21 Å². The molecule has 27 heavy (non-hydrogen) atoms. The molecule has 0 bridgehead atoms. The zero-order valence-electron chi connectivity index (χ0n) is 14.4. The van der Waals surface area contributed by atoms with Gasteiger partial charge in [-0.1, -0.05) is 42.0 Å². The van der Waals surface area contributed by atoms with Crippen LogP contribution in [0.3, 0.4) is 0 Å². The van der Waals surface area contributed by atoms with Gasteiger partial charge >= 0.3 is 0 Å². The topological polar surface area (TPSA) is 91.8 Å². The third-order valence-corrected chi connectivity index (χ3v) is 4.80. The van der Waals surface area contributed by atoms with Crippen LogP contribution in [0.15, 0.2) is 46.4 Å². The fourth-order valence-electron chi connectivity index (χ4n) is 2.31. The summed E-state index contributed by atoms with van der Waals surface area (Å²) < 4.78 is 5.70. The van der Waals surface area contributed by atoms with Crippen molar-refractivity contribution in [2.24, 2.45) is 0 Å². The highest BCUT2D eigenvalue weighted by Crippen LogP contribution is 2.29. The second-order valence-corrected chi connectivity index (χ2v) is 7.03. The molecule has 0 fully saturated rings. The number of nitriles is 1. The van der Waals surface area contributed by atoms with Gasteiger partial charge in [-0.25, -0.2) is 0 Å². The van der Waals surface area contributed by atoms with Crippen molar-refractivity contribution in [1.82, 2.24) is 10.2 Å². The van der Waals surface area contributed by atoms with Gasteiger partial charge in [-0.3, -0.25) is 10.1 Å². The standard InChI is InChI=1S/C19H15ClN4O2S/c1-2-5-17-23-24-19(27-17)22-18(25)12(11-21)10-13-8-9-16(26-13)14-6-3-4-7-15(14)20/h3-4,6-10H,2,5H2,1H3,(H,22,24,25)/b12-10-. The summed E-state index contributed by atoms with van der Waals surface area (Å²) in [6.07, 6.45) is 3.12. The Morgan fingerprint density at radius 2 is 2.15 bits per heavy atom. The molecule has 2 aromatic heterocycles. The van der Waals surface area contributed by atoms with Gasteiger partial charge in [-0.05, 0) is 30.7 Å². The number of anilines is 1. The lowest BCUT2D eigenvalue weighted by molar-refractivity contribution is -0.112. The molecule has 0 radical (unpaired) electrons. The molecule has 8 heteroatoms. The van der Waals surface area contributed by atoms with Gasteiger partial charge in [0.25, 0.3) is 5.91 Å². The van der Waals surface area contributed by atoms with Crippen LogP contribution in [0.25, 0.3) is 17.4 Å². The quantitative estimate of drug-likeness (QED) is 0.468. The summed E-state index contributed by atoms with van der Waals surface area (Å²) in [5.74, 6) is 0.367. The number of furan rings is 1. The number of carbonyl (C=O) groups excluding carboxylic acids is 1. The largest absolute Gasteiger partial charge is 0.457 e. The minimum atomic E-state index is -0.563. The summed E-state index contributed by atoms with van der Waals surface area (Å²) >= 11 is 7.46. The maximum atomic E-state index is 12.3. The van der Waals surface area contributed by atoms with Crippen LogP contribution in [-0.2, 0) is 11.2 Å². The van der Waals surface area contributed by atoms with Gasteiger partial charge in [-0.2, -0.15) is 5.26 Å². The number of amides is 1. The Morgan fingerprint density at radius 3 is 2.89 bits per heavy atom. The van der Waals surface area contributed by atoms with Crippen LogP contribution < -0.4 is 5.32 Å². The highest BCUT2D eigenvalue weighted by Gasteiger charge is 2.14. The summed E-state index contributed by atoms with van der Waals surface area (Å²) in [4.78, 5) is 12.3. The zero-order chi connectivity index (χ0) is 19.2. The lowest BCUT2D eigenvalue weighted by atomic mass is 10.2. The molecule has 136 valence electrons. The molecular weight excluding hydrogens is 384 g/mol. The lowest BCUT2D eigenvalue weighted by Gasteiger charge is -2.00. The van der Waals surface area contributed by atoms with E-state index in [1.807, 2.05) is 31.2 Å². The van der Waals surface area contributed by atoms with E-state index in [4.69, 9.17) is 16.0 Å². The predicted molar refractivity (Wildman–Crippen MR) is 105 cm³/mol. The normalized spacial score (nSPS) is 11.2. The fraction of sp³-hybridized carbons (Fsp3) is 0.158. The average molecular weight is 399 g/mol. The number of nitrogens with one attached hydrogen (secondary N) is 1. The van der Waals surface area contributed by atoms with Gasteiger partial charge in [0, 0.05) is 18.1 Å². The highest BCUT2D eigenvalue weighted by atomic mass is 35.5.